The molecule has 0 spiro atoms. The molecule has 3 nitrogen and oxygen atoms in total. The van der Waals surface area contributed by atoms with Crippen LogP contribution in [0.1, 0.15) is 76.0 Å². The summed E-state index contributed by atoms with van der Waals surface area (Å²) in [4.78, 5) is 15.3. The monoisotopic (exact) mass is 405 g/mol. The Morgan fingerprint density at radius 1 is 0.867 bits per heavy atom. The van der Waals surface area contributed by atoms with Crippen molar-refractivity contribution < 1.29 is 9.53 Å². The quantitative estimate of drug-likeness (QED) is 0.554. The number of carbonyl (C=O) groups is 1. The molecule has 0 unspecified atom stereocenters. The second-order valence-corrected chi connectivity index (χ2v) is 9.52. The maximum atomic E-state index is 13.4. The van der Waals surface area contributed by atoms with E-state index in [1.807, 2.05) is 11.0 Å². The van der Waals surface area contributed by atoms with E-state index in [1.54, 1.807) is 0 Å². The minimum Gasteiger partial charge on any atom is -0.446 e. The van der Waals surface area contributed by atoms with Crippen molar-refractivity contribution in [1.82, 2.24) is 4.90 Å². The van der Waals surface area contributed by atoms with Gasteiger partial charge in [0, 0.05) is 12.5 Å². The third-order valence-electron chi connectivity index (χ3n) is 7.32. The van der Waals surface area contributed by atoms with Gasteiger partial charge in [0.2, 0.25) is 0 Å². The van der Waals surface area contributed by atoms with Gasteiger partial charge in [-0.2, -0.15) is 0 Å². The lowest BCUT2D eigenvalue weighted by atomic mass is 9.66. The van der Waals surface area contributed by atoms with Gasteiger partial charge in [0.05, 0.1) is 6.04 Å². The molecule has 2 aromatic rings. The molecule has 2 aliphatic rings. The predicted octanol–water partition coefficient (Wildman–Crippen LogP) is 6.89. The number of likely N-dealkylation sites (tertiary alicyclic amines) is 1. The van der Waals surface area contributed by atoms with Crippen molar-refractivity contribution in [3.8, 4) is 0 Å². The topological polar surface area (TPSA) is 29.5 Å². The molecule has 2 fully saturated rings. The number of rotatable bonds is 4. The molecular formula is C27H35NO2. The van der Waals surface area contributed by atoms with Crippen LogP contribution in [0.4, 0.5) is 4.79 Å². The van der Waals surface area contributed by atoms with Crippen LogP contribution < -0.4 is 0 Å². The molecule has 2 aromatic carbocycles. The number of benzene rings is 2. The normalized spacial score (nSPS) is 25.0. The Morgan fingerprint density at radius 3 is 2.23 bits per heavy atom. The highest BCUT2D eigenvalue weighted by Crippen LogP contribution is 2.42. The Bertz CT molecular complexity index is 817. The lowest BCUT2D eigenvalue weighted by Crippen LogP contribution is -2.46. The van der Waals surface area contributed by atoms with Crippen LogP contribution in [0.2, 0.25) is 0 Å². The first kappa shape index (κ1) is 21.0. The Hall–Kier alpha value is -2.29. The first-order valence-electron chi connectivity index (χ1n) is 11.6. The molecule has 0 N–H and O–H groups in total. The summed E-state index contributed by atoms with van der Waals surface area (Å²) in [5, 5.41) is 0. The molecule has 30 heavy (non-hydrogen) atoms. The second-order valence-electron chi connectivity index (χ2n) is 9.52. The Labute approximate surface area is 181 Å². The molecular weight excluding hydrogens is 370 g/mol. The fraction of sp³-hybridized carbons (Fsp3) is 0.519. The summed E-state index contributed by atoms with van der Waals surface area (Å²) < 4.78 is 6.29. The van der Waals surface area contributed by atoms with Crippen LogP contribution in [0.15, 0.2) is 60.7 Å². The average molecular weight is 406 g/mol. The van der Waals surface area contributed by atoms with Crippen molar-refractivity contribution in [2.24, 2.45) is 5.92 Å². The highest BCUT2D eigenvalue weighted by molar-refractivity contribution is 5.69. The zero-order valence-electron chi connectivity index (χ0n) is 18.4. The summed E-state index contributed by atoms with van der Waals surface area (Å²) >= 11 is 0. The molecule has 1 saturated heterocycles. The van der Waals surface area contributed by atoms with Crippen LogP contribution in [0.5, 0.6) is 0 Å². The molecule has 4 rings (SSSR count). The van der Waals surface area contributed by atoms with Crippen LogP contribution in [-0.4, -0.2) is 23.6 Å². The highest BCUT2D eigenvalue weighted by Gasteiger charge is 2.41. The largest absolute Gasteiger partial charge is 0.446 e. The van der Waals surface area contributed by atoms with E-state index >= 15 is 0 Å². The molecule has 1 aliphatic heterocycles. The lowest BCUT2D eigenvalue weighted by Gasteiger charge is -2.43. The molecule has 3 atom stereocenters. The second kappa shape index (κ2) is 9.24. The van der Waals surface area contributed by atoms with Crippen molar-refractivity contribution in [3.63, 3.8) is 0 Å². The molecule has 0 radical (unpaired) electrons. The Kier molecular flexibility index (Phi) is 6.46. The first-order valence-corrected chi connectivity index (χ1v) is 11.6. The predicted molar refractivity (Wildman–Crippen MR) is 121 cm³/mol. The van der Waals surface area contributed by atoms with E-state index in [-0.39, 0.29) is 23.7 Å². The van der Waals surface area contributed by atoms with E-state index < -0.39 is 0 Å². The van der Waals surface area contributed by atoms with E-state index in [0.29, 0.717) is 5.92 Å². The Balaban J connectivity index is 1.51. The van der Waals surface area contributed by atoms with Crippen LogP contribution >= 0.6 is 0 Å². The van der Waals surface area contributed by atoms with Crippen molar-refractivity contribution in [1.29, 1.82) is 0 Å². The van der Waals surface area contributed by atoms with Gasteiger partial charge in [-0.05, 0) is 55.1 Å². The highest BCUT2D eigenvalue weighted by atomic mass is 16.6. The van der Waals surface area contributed by atoms with E-state index in [9.17, 15) is 4.79 Å². The van der Waals surface area contributed by atoms with E-state index in [4.69, 9.17) is 4.74 Å². The van der Waals surface area contributed by atoms with Crippen LogP contribution in [0.3, 0.4) is 0 Å². The number of amides is 1. The van der Waals surface area contributed by atoms with Crippen LogP contribution in [0, 0.1) is 5.92 Å². The zero-order valence-corrected chi connectivity index (χ0v) is 18.4. The van der Waals surface area contributed by atoms with E-state index in [0.717, 1.165) is 45.1 Å². The van der Waals surface area contributed by atoms with Crippen molar-refractivity contribution in [2.75, 3.05) is 6.54 Å². The third kappa shape index (κ3) is 4.40. The summed E-state index contributed by atoms with van der Waals surface area (Å²) in [5.41, 5.74) is 2.53. The number of nitrogens with zero attached hydrogens (tertiary/aromatic N) is 1. The average Bonchev–Trinajstić information content (AvgIpc) is 2.80. The summed E-state index contributed by atoms with van der Waals surface area (Å²) in [6.07, 6.45) is 7.54. The fourth-order valence-corrected chi connectivity index (χ4v) is 5.51. The van der Waals surface area contributed by atoms with Crippen LogP contribution in [0.25, 0.3) is 0 Å². The van der Waals surface area contributed by atoms with E-state index in [2.05, 4.69) is 68.4 Å². The maximum absolute atomic E-state index is 13.4. The van der Waals surface area contributed by atoms with Gasteiger partial charge in [-0.3, -0.25) is 0 Å². The maximum Gasteiger partial charge on any atom is 0.410 e. The van der Waals surface area contributed by atoms with Gasteiger partial charge in [-0.15, -0.1) is 0 Å². The molecule has 1 heterocycles. The lowest BCUT2D eigenvalue weighted by molar-refractivity contribution is -0.0158. The summed E-state index contributed by atoms with van der Waals surface area (Å²) in [6, 6.07) is 21.3. The van der Waals surface area contributed by atoms with Crippen molar-refractivity contribution in [3.05, 3.63) is 71.8 Å². The standard InChI is InChI=1S/C27H35NO2/c1-27(2,22-15-7-4-8-16-22)23-17-9-10-19-25(23)30-26(29)28-20-12-11-18-24(28)21-13-5-3-6-14-21/h3-8,13-16,23-25H,9-12,17-20H2,1-2H3/t23-,24-,25-/m1/s1. The Morgan fingerprint density at radius 2 is 1.50 bits per heavy atom. The SMILES string of the molecule is CC(C)(c1ccccc1)[C@@H]1CCCC[C@H]1OC(=O)N1CCCC[C@@H]1c1ccccc1. The molecule has 0 aromatic heterocycles. The van der Waals surface area contributed by atoms with Gasteiger partial charge in [-0.25, -0.2) is 4.79 Å². The third-order valence-corrected chi connectivity index (χ3v) is 7.32. The summed E-state index contributed by atoms with van der Waals surface area (Å²) in [6.45, 7) is 5.41. The number of piperidine rings is 1. The molecule has 0 bridgehead atoms. The molecule has 3 heteroatoms. The van der Waals surface area contributed by atoms with Gasteiger partial charge < -0.3 is 9.64 Å². The van der Waals surface area contributed by atoms with Crippen LogP contribution in [-0.2, 0) is 10.2 Å². The fourth-order valence-electron chi connectivity index (χ4n) is 5.51. The van der Waals surface area contributed by atoms with Gasteiger partial charge >= 0.3 is 6.09 Å². The zero-order chi connectivity index (χ0) is 21.0. The minimum absolute atomic E-state index is 0.0141. The van der Waals surface area contributed by atoms with Gasteiger partial charge in [0.15, 0.2) is 0 Å². The number of ether oxygens (including phenoxy) is 1. The smallest absolute Gasteiger partial charge is 0.410 e. The van der Waals surface area contributed by atoms with E-state index in [1.165, 1.54) is 17.5 Å². The number of carbonyl (C=O) groups excluding carboxylic acids is 1. The summed E-state index contributed by atoms with van der Waals surface area (Å²) in [5.74, 6) is 0.345. The van der Waals surface area contributed by atoms with Gasteiger partial charge in [0.1, 0.15) is 6.10 Å². The van der Waals surface area contributed by atoms with Gasteiger partial charge in [0.25, 0.3) is 0 Å². The number of hydrogen-bond acceptors (Lipinski definition) is 2. The van der Waals surface area contributed by atoms with Gasteiger partial charge in [-0.1, -0.05) is 80.9 Å². The molecule has 1 aliphatic carbocycles. The summed E-state index contributed by atoms with van der Waals surface area (Å²) in [7, 11) is 0. The van der Waals surface area contributed by atoms with Crippen molar-refractivity contribution in [2.45, 2.75) is 76.4 Å². The molecule has 160 valence electrons. The van der Waals surface area contributed by atoms with Crippen molar-refractivity contribution >= 4 is 6.09 Å². The minimum atomic E-state index is -0.121. The number of hydrogen-bond donors (Lipinski definition) is 0. The molecule has 1 amide bonds. The first-order chi connectivity index (χ1) is 14.6. The molecule has 1 saturated carbocycles.